The van der Waals surface area contributed by atoms with E-state index >= 15 is 0 Å². The van der Waals surface area contributed by atoms with E-state index in [1.165, 1.54) is 8.88 Å². The van der Waals surface area contributed by atoms with Crippen molar-refractivity contribution in [1.82, 2.24) is 0 Å². The minimum absolute atomic E-state index is 0.331. The molecule has 0 spiro atoms. The van der Waals surface area contributed by atoms with Crippen LogP contribution in [0.1, 0.15) is 13.3 Å². The van der Waals surface area contributed by atoms with Crippen LogP contribution in [-0.4, -0.2) is 38.4 Å². The molecule has 0 saturated carbocycles. The Balaban J connectivity index is 3.22. The average Bonchev–Trinajstić information content (AvgIpc) is 2.17. The molecule has 1 atom stereocenters. The van der Waals surface area contributed by atoms with E-state index in [1.807, 2.05) is 0 Å². The lowest BCUT2D eigenvalue weighted by molar-refractivity contribution is 0.0541. The Morgan fingerprint density at radius 1 is 1.14 bits per heavy atom. The molecule has 14 heavy (non-hydrogen) atoms. The molecule has 2 nitrogen and oxygen atoms in total. The topological polar surface area (TPSA) is 18.5 Å². The van der Waals surface area contributed by atoms with Crippen LogP contribution in [0.4, 0.5) is 0 Å². The van der Waals surface area contributed by atoms with Crippen LogP contribution in [-0.2, 0) is 47.9 Å². The predicted molar refractivity (Wildman–Crippen MR) is 72.2 cm³/mol. The van der Waals surface area contributed by atoms with Gasteiger partial charge in [0, 0.05) is 12.4 Å². The second-order valence-corrected chi connectivity index (χ2v) is 9.44. The smallest absolute Gasteiger partial charge is 0.0700 e. The summed E-state index contributed by atoms with van der Waals surface area (Å²) < 4.78 is 10.7. The molecule has 0 aromatic carbocycles. The van der Waals surface area contributed by atoms with Crippen LogP contribution < -0.4 is 0 Å². The van der Waals surface area contributed by atoms with Gasteiger partial charge < -0.3 is 9.47 Å². The fraction of sp³-hybridized carbons (Fsp3) is 1.00. The number of ether oxygens (including phenoxy) is 2. The van der Waals surface area contributed by atoms with Crippen molar-refractivity contribution in [3.8, 4) is 0 Å². The highest BCUT2D eigenvalue weighted by molar-refractivity contribution is 8.58. The lowest BCUT2D eigenvalue weighted by Crippen LogP contribution is -2.09. The van der Waals surface area contributed by atoms with Gasteiger partial charge in [0.25, 0.3) is 0 Å². The molecule has 0 aliphatic carbocycles. The van der Waals surface area contributed by atoms with E-state index in [0.717, 1.165) is 25.4 Å². The first-order chi connectivity index (χ1) is 6.81. The van der Waals surface area contributed by atoms with E-state index in [2.05, 4.69) is 13.2 Å². The highest BCUT2D eigenvalue weighted by atomic mass is 33.2. The number of hydrogen-bond donors (Lipinski definition) is 0. The standard InChI is InChI=1S/C8H18O2S4/c1-3-4-9-5-6-10-7-8-14(2)13-12-11/h3-8H2,1-2H3. The van der Waals surface area contributed by atoms with Gasteiger partial charge in [0.15, 0.2) is 0 Å². The van der Waals surface area contributed by atoms with E-state index in [1.54, 1.807) is 8.88 Å². The van der Waals surface area contributed by atoms with Gasteiger partial charge in [0.1, 0.15) is 0 Å². The van der Waals surface area contributed by atoms with E-state index in [0.29, 0.717) is 22.7 Å². The Kier molecular flexibility index (Phi) is 12.8. The lowest BCUT2D eigenvalue weighted by atomic mass is 10.5. The molecule has 0 amide bonds. The zero-order chi connectivity index (χ0) is 10.6. The summed E-state index contributed by atoms with van der Waals surface area (Å²) in [7, 11) is 3.50. The Labute approximate surface area is 99.4 Å². The van der Waals surface area contributed by atoms with Crippen LogP contribution in [0.3, 0.4) is 0 Å². The lowest BCUT2D eigenvalue weighted by Gasteiger charge is -2.04. The second-order valence-electron chi connectivity index (χ2n) is 2.64. The third-order valence-electron chi connectivity index (χ3n) is 1.38. The summed E-state index contributed by atoms with van der Waals surface area (Å²) >= 11 is 4.80. The van der Waals surface area contributed by atoms with Gasteiger partial charge in [0.05, 0.1) is 19.8 Å². The first-order valence-corrected chi connectivity index (χ1v) is 9.95. The molecule has 0 saturated heterocycles. The molecule has 0 N–H and O–H groups in total. The average molecular weight is 274 g/mol. The molecular formula is C8H18O2S4. The summed E-state index contributed by atoms with van der Waals surface area (Å²) in [6.07, 6.45) is 3.27. The second kappa shape index (κ2) is 12.0. The molecule has 1 unspecified atom stereocenters. The fourth-order valence-electron chi connectivity index (χ4n) is 0.724. The van der Waals surface area contributed by atoms with E-state index < -0.39 is 0 Å². The van der Waals surface area contributed by atoms with Gasteiger partial charge in [-0.15, -0.1) is 9.45 Å². The Morgan fingerprint density at radius 3 is 2.36 bits per heavy atom. The molecule has 0 radical (unpaired) electrons. The van der Waals surface area contributed by atoms with Gasteiger partial charge in [-0.25, -0.2) is 0 Å². The van der Waals surface area contributed by atoms with Crippen LogP contribution in [0.15, 0.2) is 0 Å². The summed E-state index contributed by atoms with van der Waals surface area (Å²) in [5, 5.41) is 0. The quantitative estimate of drug-likeness (QED) is 0.618. The highest BCUT2D eigenvalue weighted by Gasteiger charge is 1.90. The summed E-state index contributed by atoms with van der Waals surface area (Å²) in [4.78, 5) is 0. The van der Waals surface area contributed by atoms with E-state index in [9.17, 15) is 0 Å². The van der Waals surface area contributed by atoms with Crippen molar-refractivity contribution in [2.45, 2.75) is 13.3 Å². The van der Waals surface area contributed by atoms with Crippen molar-refractivity contribution in [3.05, 3.63) is 0 Å². The molecule has 86 valence electrons. The zero-order valence-corrected chi connectivity index (χ0v) is 12.0. The predicted octanol–water partition coefficient (Wildman–Crippen LogP) is 1.13. The Bertz CT molecular complexity index is 219. The van der Waals surface area contributed by atoms with Crippen molar-refractivity contribution in [3.63, 3.8) is 0 Å². The first kappa shape index (κ1) is 14.9. The third-order valence-corrected chi connectivity index (χ3v) is 7.86. The molecule has 0 aromatic heterocycles. The summed E-state index contributed by atoms with van der Waals surface area (Å²) in [5.74, 6) is 1.09. The van der Waals surface area contributed by atoms with Crippen molar-refractivity contribution >= 4 is 38.4 Å². The summed E-state index contributed by atoms with van der Waals surface area (Å²) in [5.41, 5.74) is 0. The van der Waals surface area contributed by atoms with Gasteiger partial charge in [-0.2, -0.15) is 0 Å². The summed E-state index contributed by atoms with van der Waals surface area (Å²) in [6.45, 7) is 5.19. The zero-order valence-electron chi connectivity index (χ0n) is 8.69. The van der Waals surface area contributed by atoms with Crippen LogP contribution in [0, 0.1) is 0 Å². The van der Waals surface area contributed by atoms with Gasteiger partial charge in [-0.1, -0.05) is 6.92 Å². The SMILES string of the molecule is CCCOCCOCCS(C)=S=S=S. The molecule has 0 aliphatic heterocycles. The third kappa shape index (κ3) is 11.0. The van der Waals surface area contributed by atoms with Crippen molar-refractivity contribution < 1.29 is 9.47 Å². The fourth-order valence-corrected chi connectivity index (χ4v) is 5.96. The van der Waals surface area contributed by atoms with E-state index in [4.69, 9.17) is 20.7 Å². The number of rotatable bonds is 8. The Hall–Kier alpha value is 0.930. The van der Waals surface area contributed by atoms with Crippen LogP contribution >= 0.6 is 0 Å². The van der Waals surface area contributed by atoms with Crippen molar-refractivity contribution in [1.29, 1.82) is 0 Å². The van der Waals surface area contributed by atoms with Gasteiger partial charge in [-0.05, 0) is 41.6 Å². The van der Waals surface area contributed by atoms with Gasteiger partial charge >= 0.3 is 0 Å². The summed E-state index contributed by atoms with van der Waals surface area (Å²) in [6, 6.07) is 0. The maximum Gasteiger partial charge on any atom is 0.0700 e. The van der Waals surface area contributed by atoms with Gasteiger partial charge in [0.2, 0.25) is 0 Å². The molecule has 0 aliphatic rings. The molecule has 0 fully saturated rings. The minimum atomic E-state index is 0.331. The van der Waals surface area contributed by atoms with Crippen molar-refractivity contribution in [2.24, 2.45) is 0 Å². The number of hydrogen-bond acceptors (Lipinski definition) is 3. The minimum Gasteiger partial charge on any atom is -0.379 e. The molecule has 0 heterocycles. The van der Waals surface area contributed by atoms with E-state index in [-0.39, 0.29) is 0 Å². The van der Waals surface area contributed by atoms with Crippen LogP contribution in [0.2, 0.25) is 0 Å². The largest absolute Gasteiger partial charge is 0.379 e. The Morgan fingerprint density at radius 2 is 1.79 bits per heavy atom. The van der Waals surface area contributed by atoms with Crippen LogP contribution in [0.5, 0.6) is 0 Å². The molecule has 0 bridgehead atoms. The monoisotopic (exact) mass is 274 g/mol. The maximum atomic E-state index is 5.42. The molecular weight excluding hydrogens is 256 g/mol. The van der Waals surface area contributed by atoms with Gasteiger partial charge in [-0.3, -0.25) is 0 Å². The maximum absolute atomic E-state index is 5.42. The molecule has 0 rings (SSSR count). The van der Waals surface area contributed by atoms with Crippen LogP contribution in [0.25, 0.3) is 0 Å². The normalized spacial score (nSPS) is 12.4. The first-order valence-electron chi connectivity index (χ1n) is 4.56. The molecule has 6 heteroatoms. The molecule has 0 aromatic rings. The highest BCUT2D eigenvalue weighted by Crippen LogP contribution is 1.83. The van der Waals surface area contributed by atoms with Crippen molar-refractivity contribution in [2.75, 3.05) is 38.4 Å².